The van der Waals surface area contributed by atoms with Gasteiger partial charge in [-0.15, -0.1) is 11.3 Å². The Balaban J connectivity index is 1.48. The van der Waals surface area contributed by atoms with Gasteiger partial charge in [-0.2, -0.15) is 0 Å². The van der Waals surface area contributed by atoms with Gasteiger partial charge in [0.1, 0.15) is 17.0 Å². The molecule has 1 N–H and O–H groups in total. The SMILES string of the molecule is COc1ccc2oc(-c3csc(NC(=O)/C=C/c4ccccc4)n3)cc2c1. The second-order valence-corrected chi connectivity index (χ2v) is 6.64. The molecule has 2 aromatic carbocycles. The first-order chi connectivity index (χ1) is 13.2. The van der Waals surface area contributed by atoms with Gasteiger partial charge in [0.05, 0.1) is 7.11 Å². The van der Waals surface area contributed by atoms with Crippen LogP contribution in [0, 0.1) is 0 Å². The summed E-state index contributed by atoms with van der Waals surface area (Å²) in [5, 5.41) is 6.08. The lowest BCUT2D eigenvalue weighted by Gasteiger charge is -1.96. The fraction of sp³-hybridized carbons (Fsp3) is 0.0476. The first-order valence-electron chi connectivity index (χ1n) is 8.29. The smallest absolute Gasteiger partial charge is 0.250 e. The molecule has 0 saturated carbocycles. The lowest BCUT2D eigenvalue weighted by Crippen LogP contribution is -2.07. The average Bonchev–Trinajstić information content (AvgIpc) is 3.33. The number of thiazole rings is 1. The number of benzene rings is 2. The molecule has 0 saturated heterocycles. The third-order valence-electron chi connectivity index (χ3n) is 3.94. The van der Waals surface area contributed by atoms with Crippen LogP contribution in [0.15, 0.2) is 70.5 Å². The van der Waals surface area contributed by atoms with Crippen LogP contribution in [-0.2, 0) is 4.79 Å². The van der Waals surface area contributed by atoms with E-state index in [1.54, 1.807) is 13.2 Å². The molecule has 5 nitrogen and oxygen atoms in total. The predicted octanol–water partition coefficient (Wildman–Crippen LogP) is 5.22. The number of carbonyl (C=O) groups is 1. The van der Waals surface area contributed by atoms with Crippen LogP contribution < -0.4 is 10.1 Å². The predicted molar refractivity (Wildman–Crippen MR) is 108 cm³/mol. The Bertz CT molecular complexity index is 1110. The summed E-state index contributed by atoms with van der Waals surface area (Å²) in [7, 11) is 1.63. The van der Waals surface area contributed by atoms with E-state index in [0.29, 0.717) is 16.6 Å². The molecular weight excluding hydrogens is 360 g/mol. The number of ether oxygens (including phenoxy) is 1. The van der Waals surface area contributed by atoms with Crippen LogP contribution in [0.3, 0.4) is 0 Å². The van der Waals surface area contributed by atoms with Crippen molar-refractivity contribution in [3.8, 4) is 17.2 Å². The van der Waals surface area contributed by atoms with Crippen LogP contribution in [0.1, 0.15) is 5.56 Å². The number of hydrogen-bond acceptors (Lipinski definition) is 5. The van der Waals surface area contributed by atoms with Crippen molar-refractivity contribution in [3.05, 3.63) is 71.6 Å². The van der Waals surface area contributed by atoms with Crippen molar-refractivity contribution in [1.29, 1.82) is 0 Å². The number of hydrogen-bond donors (Lipinski definition) is 1. The molecule has 2 heterocycles. The lowest BCUT2D eigenvalue weighted by molar-refractivity contribution is -0.111. The molecule has 1 amide bonds. The van der Waals surface area contributed by atoms with E-state index in [-0.39, 0.29) is 5.91 Å². The summed E-state index contributed by atoms with van der Waals surface area (Å²) >= 11 is 1.35. The summed E-state index contributed by atoms with van der Waals surface area (Å²) in [4.78, 5) is 16.5. The minimum atomic E-state index is -0.228. The summed E-state index contributed by atoms with van der Waals surface area (Å²) < 4.78 is 11.1. The van der Waals surface area contributed by atoms with Crippen molar-refractivity contribution in [2.24, 2.45) is 0 Å². The molecule has 134 valence electrons. The Kier molecular flexibility index (Phi) is 4.72. The van der Waals surface area contributed by atoms with E-state index in [0.717, 1.165) is 22.3 Å². The van der Waals surface area contributed by atoms with Crippen molar-refractivity contribution in [2.45, 2.75) is 0 Å². The number of anilines is 1. The topological polar surface area (TPSA) is 64.4 Å². The van der Waals surface area contributed by atoms with Gasteiger partial charge < -0.3 is 9.15 Å². The molecule has 27 heavy (non-hydrogen) atoms. The third-order valence-corrected chi connectivity index (χ3v) is 4.69. The van der Waals surface area contributed by atoms with E-state index in [1.165, 1.54) is 17.4 Å². The van der Waals surface area contributed by atoms with Crippen LogP contribution in [0.2, 0.25) is 0 Å². The van der Waals surface area contributed by atoms with Crippen molar-refractivity contribution in [1.82, 2.24) is 4.98 Å². The Morgan fingerprint density at radius 1 is 1.19 bits per heavy atom. The van der Waals surface area contributed by atoms with Crippen molar-refractivity contribution < 1.29 is 13.9 Å². The van der Waals surface area contributed by atoms with Crippen molar-refractivity contribution in [2.75, 3.05) is 12.4 Å². The Hall–Kier alpha value is -3.38. The molecule has 2 aromatic heterocycles. The zero-order chi connectivity index (χ0) is 18.6. The molecule has 0 spiro atoms. The Morgan fingerprint density at radius 2 is 2.04 bits per heavy atom. The number of nitrogens with zero attached hydrogens (tertiary/aromatic N) is 1. The molecule has 0 bridgehead atoms. The Morgan fingerprint density at radius 3 is 2.85 bits per heavy atom. The van der Waals surface area contributed by atoms with Gasteiger partial charge >= 0.3 is 0 Å². The maximum atomic E-state index is 12.1. The van der Waals surface area contributed by atoms with Crippen LogP contribution in [-0.4, -0.2) is 18.0 Å². The highest BCUT2D eigenvalue weighted by atomic mass is 32.1. The van der Waals surface area contributed by atoms with Gasteiger partial charge in [0, 0.05) is 16.8 Å². The molecule has 0 radical (unpaired) electrons. The number of furan rings is 1. The number of aromatic nitrogens is 1. The van der Waals surface area contributed by atoms with Gasteiger partial charge in [0.15, 0.2) is 10.9 Å². The summed E-state index contributed by atoms with van der Waals surface area (Å²) in [6, 6.07) is 17.2. The normalized spacial score (nSPS) is 11.1. The van der Waals surface area contributed by atoms with E-state index in [1.807, 2.05) is 60.0 Å². The number of amides is 1. The first kappa shape index (κ1) is 17.1. The van der Waals surface area contributed by atoms with Gasteiger partial charge in [-0.05, 0) is 35.9 Å². The number of methoxy groups -OCH3 is 1. The summed E-state index contributed by atoms with van der Waals surface area (Å²) in [5.74, 6) is 1.19. The monoisotopic (exact) mass is 376 g/mol. The highest BCUT2D eigenvalue weighted by Gasteiger charge is 2.11. The van der Waals surface area contributed by atoms with E-state index >= 15 is 0 Å². The standard InChI is InChI=1S/C21H16N2O3S/c1-25-16-8-9-18-15(11-16)12-19(26-18)17-13-27-21(22-17)23-20(24)10-7-14-5-3-2-4-6-14/h2-13H,1H3,(H,22,23,24)/b10-7+. The fourth-order valence-corrected chi connectivity index (χ4v) is 3.30. The van der Waals surface area contributed by atoms with E-state index in [9.17, 15) is 4.79 Å². The summed E-state index contributed by atoms with van der Waals surface area (Å²) in [5.41, 5.74) is 2.40. The van der Waals surface area contributed by atoms with Crippen molar-refractivity contribution in [3.63, 3.8) is 0 Å². The van der Waals surface area contributed by atoms with Gasteiger partial charge in [-0.25, -0.2) is 4.98 Å². The van der Waals surface area contributed by atoms with Crippen LogP contribution in [0.4, 0.5) is 5.13 Å². The zero-order valence-electron chi connectivity index (χ0n) is 14.5. The van der Waals surface area contributed by atoms with E-state index in [2.05, 4.69) is 10.3 Å². The highest BCUT2D eigenvalue weighted by Crippen LogP contribution is 2.31. The molecule has 4 aromatic rings. The second-order valence-electron chi connectivity index (χ2n) is 5.79. The maximum Gasteiger partial charge on any atom is 0.250 e. The van der Waals surface area contributed by atoms with Gasteiger partial charge in [0.25, 0.3) is 0 Å². The molecule has 0 aliphatic heterocycles. The molecule has 0 fully saturated rings. The van der Waals surface area contributed by atoms with Crippen LogP contribution in [0.5, 0.6) is 5.75 Å². The van der Waals surface area contributed by atoms with Crippen LogP contribution in [0.25, 0.3) is 28.5 Å². The Labute approximate surface area is 159 Å². The quantitative estimate of drug-likeness (QED) is 0.485. The number of fused-ring (bicyclic) bond motifs is 1. The lowest BCUT2D eigenvalue weighted by atomic mass is 10.2. The summed E-state index contributed by atoms with van der Waals surface area (Å²) in [6.07, 6.45) is 3.25. The first-order valence-corrected chi connectivity index (χ1v) is 9.17. The highest BCUT2D eigenvalue weighted by molar-refractivity contribution is 7.14. The minimum Gasteiger partial charge on any atom is -0.497 e. The molecule has 0 aliphatic carbocycles. The second kappa shape index (κ2) is 7.47. The van der Waals surface area contributed by atoms with Gasteiger partial charge in [0.2, 0.25) is 5.91 Å². The number of nitrogens with one attached hydrogen (secondary N) is 1. The average molecular weight is 376 g/mol. The molecular formula is C21H16N2O3S. The van der Waals surface area contributed by atoms with Gasteiger partial charge in [-0.1, -0.05) is 30.3 Å². The van der Waals surface area contributed by atoms with E-state index in [4.69, 9.17) is 9.15 Å². The molecule has 0 atom stereocenters. The van der Waals surface area contributed by atoms with Crippen LogP contribution >= 0.6 is 11.3 Å². The molecule has 6 heteroatoms. The zero-order valence-corrected chi connectivity index (χ0v) is 15.3. The molecule has 0 unspecified atom stereocenters. The molecule has 0 aliphatic rings. The minimum absolute atomic E-state index is 0.228. The van der Waals surface area contributed by atoms with E-state index < -0.39 is 0 Å². The largest absolute Gasteiger partial charge is 0.497 e. The van der Waals surface area contributed by atoms with Crippen molar-refractivity contribution >= 4 is 39.4 Å². The third kappa shape index (κ3) is 3.91. The number of rotatable bonds is 5. The van der Waals surface area contributed by atoms with Gasteiger partial charge in [-0.3, -0.25) is 10.1 Å². The number of carbonyl (C=O) groups excluding carboxylic acids is 1. The summed E-state index contributed by atoms with van der Waals surface area (Å²) in [6.45, 7) is 0. The maximum absolute atomic E-state index is 12.1. The molecule has 4 rings (SSSR count). The fourth-order valence-electron chi connectivity index (χ4n) is 2.60.